The van der Waals surface area contributed by atoms with Crippen molar-refractivity contribution >= 4 is 23.3 Å². The van der Waals surface area contributed by atoms with Crippen LogP contribution in [-0.2, 0) is 0 Å². The Balaban J connectivity index is 1.55. The number of rotatable bonds is 4. The molecule has 3 heterocycles. The number of benzene rings is 1. The molecule has 1 atom stereocenters. The Kier molecular flexibility index (Phi) is 4.74. The molecule has 1 aromatic heterocycles. The first-order valence-corrected chi connectivity index (χ1v) is 9.55. The minimum absolute atomic E-state index is 0.592. The molecule has 1 aromatic carbocycles. The Morgan fingerprint density at radius 2 is 1.88 bits per heavy atom. The number of para-hydroxylation sites is 1. The molecule has 1 unspecified atom stereocenters. The Labute approximate surface area is 148 Å². The highest BCUT2D eigenvalue weighted by Gasteiger charge is 2.26. The van der Waals surface area contributed by atoms with Gasteiger partial charge in [0.05, 0.1) is 10.6 Å². The first-order valence-electron chi connectivity index (χ1n) is 8.74. The molecule has 1 saturated heterocycles. The van der Waals surface area contributed by atoms with Crippen LogP contribution in [0.5, 0.6) is 0 Å². The Hall–Kier alpha value is -1.56. The number of hydrogen-bond donors (Lipinski definition) is 1. The highest BCUT2D eigenvalue weighted by molar-refractivity contribution is 7.99. The normalized spacial score (nSPS) is 18.8. The molecule has 2 aliphatic heterocycles. The molecular formula is C19H24N4S. The number of nitrogens with zero attached hydrogens (tertiary/aromatic N) is 3. The summed E-state index contributed by atoms with van der Waals surface area (Å²) in [6.07, 6.45) is 1.90. The van der Waals surface area contributed by atoms with Crippen LogP contribution in [0.4, 0.5) is 11.5 Å². The van der Waals surface area contributed by atoms with Gasteiger partial charge < -0.3 is 15.1 Å². The van der Waals surface area contributed by atoms with Crippen LogP contribution in [0.2, 0.25) is 0 Å². The molecular weight excluding hydrogens is 316 g/mol. The molecule has 2 aromatic rings. The summed E-state index contributed by atoms with van der Waals surface area (Å²) in [6, 6.07) is 12.9. The smallest absolute Gasteiger partial charge is 0.147 e. The number of nitrogens with one attached hydrogen (secondary N) is 1. The summed E-state index contributed by atoms with van der Waals surface area (Å²) in [5.74, 6) is 1.70. The van der Waals surface area contributed by atoms with Gasteiger partial charge in [-0.25, -0.2) is 4.98 Å². The summed E-state index contributed by atoms with van der Waals surface area (Å²) in [5, 5.41) is 3.43. The molecule has 5 heteroatoms. The number of hydrogen-bond acceptors (Lipinski definition) is 5. The number of aromatic nitrogens is 1. The molecule has 0 bridgehead atoms. The fraction of sp³-hybridized carbons (Fsp3) is 0.421. The Morgan fingerprint density at radius 1 is 1.08 bits per heavy atom. The summed E-state index contributed by atoms with van der Waals surface area (Å²) in [4.78, 5) is 12.2. The van der Waals surface area contributed by atoms with Crippen LogP contribution in [-0.4, -0.2) is 49.2 Å². The predicted molar refractivity (Wildman–Crippen MR) is 100 cm³/mol. The first kappa shape index (κ1) is 15.9. The van der Waals surface area contributed by atoms with E-state index in [1.807, 2.05) is 24.0 Å². The number of anilines is 2. The van der Waals surface area contributed by atoms with E-state index in [0.717, 1.165) is 45.1 Å². The second kappa shape index (κ2) is 7.13. The third-order valence-corrected chi connectivity index (χ3v) is 5.76. The highest BCUT2D eigenvalue weighted by atomic mass is 32.2. The zero-order valence-corrected chi connectivity index (χ0v) is 14.9. The SMILES string of the molecule is CC(CN1CCNCC1)CN1c2ccccc2Sc2cccnc21. The van der Waals surface area contributed by atoms with E-state index in [4.69, 9.17) is 0 Å². The molecule has 1 N–H and O–H groups in total. The van der Waals surface area contributed by atoms with Crippen LogP contribution in [0.15, 0.2) is 52.4 Å². The molecule has 4 rings (SSSR count). The summed E-state index contributed by atoms with van der Waals surface area (Å²) >= 11 is 1.83. The van der Waals surface area contributed by atoms with Crippen molar-refractivity contribution in [3.8, 4) is 0 Å². The van der Waals surface area contributed by atoms with E-state index in [1.165, 1.54) is 15.5 Å². The molecule has 126 valence electrons. The van der Waals surface area contributed by atoms with Crippen molar-refractivity contribution in [1.82, 2.24) is 15.2 Å². The minimum Gasteiger partial charge on any atom is -0.324 e. The van der Waals surface area contributed by atoms with Gasteiger partial charge in [-0.2, -0.15) is 0 Å². The molecule has 4 nitrogen and oxygen atoms in total. The lowest BCUT2D eigenvalue weighted by atomic mass is 10.1. The summed E-state index contributed by atoms with van der Waals surface area (Å²) < 4.78 is 0. The van der Waals surface area contributed by atoms with Gasteiger partial charge in [-0.3, -0.25) is 0 Å². The lowest BCUT2D eigenvalue weighted by Crippen LogP contribution is -2.46. The Morgan fingerprint density at radius 3 is 2.75 bits per heavy atom. The lowest BCUT2D eigenvalue weighted by molar-refractivity contribution is 0.213. The standard InChI is InChI=1S/C19H24N4S/c1-15(13-22-11-9-20-10-12-22)14-23-16-5-2-3-6-17(16)24-18-7-4-8-21-19(18)23/h2-8,15,20H,9-14H2,1H3. The molecule has 24 heavy (non-hydrogen) atoms. The third kappa shape index (κ3) is 3.29. The first-order chi connectivity index (χ1) is 11.8. The zero-order valence-electron chi connectivity index (χ0n) is 14.1. The fourth-order valence-electron chi connectivity index (χ4n) is 3.55. The van der Waals surface area contributed by atoms with Crippen molar-refractivity contribution in [3.05, 3.63) is 42.6 Å². The van der Waals surface area contributed by atoms with Gasteiger partial charge in [0, 0.05) is 50.4 Å². The quantitative estimate of drug-likeness (QED) is 0.924. The lowest BCUT2D eigenvalue weighted by Gasteiger charge is -2.35. The average Bonchev–Trinajstić information content (AvgIpc) is 2.62. The van der Waals surface area contributed by atoms with Crippen LogP contribution >= 0.6 is 11.8 Å². The van der Waals surface area contributed by atoms with Crippen molar-refractivity contribution in [2.45, 2.75) is 16.7 Å². The maximum atomic E-state index is 4.68. The third-order valence-electron chi connectivity index (χ3n) is 4.66. The van der Waals surface area contributed by atoms with Gasteiger partial charge in [-0.1, -0.05) is 30.8 Å². The van der Waals surface area contributed by atoms with Crippen molar-refractivity contribution in [2.75, 3.05) is 44.2 Å². The number of fused-ring (bicyclic) bond motifs is 2. The molecule has 1 fully saturated rings. The summed E-state index contributed by atoms with van der Waals surface area (Å²) in [5.41, 5.74) is 1.29. The molecule has 2 aliphatic rings. The molecule has 0 radical (unpaired) electrons. The fourth-order valence-corrected chi connectivity index (χ4v) is 4.62. The minimum atomic E-state index is 0.592. The predicted octanol–water partition coefficient (Wildman–Crippen LogP) is 3.23. The maximum Gasteiger partial charge on any atom is 0.147 e. The van der Waals surface area contributed by atoms with Crippen molar-refractivity contribution in [3.63, 3.8) is 0 Å². The van der Waals surface area contributed by atoms with E-state index in [2.05, 4.69) is 57.4 Å². The van der Waals surface area contributed by atoms with Gasteiger partial charge in [0.15, 0.2) is 0 Å². The van der Waals surface area contributed by atoms with E-state index in [9.17, 15) is 0 Å². The molecule has 0 aliphatic carbocycles. The van der Waals surface area contributed by atoms with Crippen LogP contribution < -0.4 is 10.2 Å². The van der Waals surface area contributed by atoms with Crippen LogP contribution in [0.3, 0.4) is 0 Å². The van der Waals surface area contributed by atoms with Crippen LogP contribution in [0, 0.1) is 5.92 Å². The monoisotopic (exact) mass is 340 g/mol. The van der Waals surface area contributed by atoms with Crippen molar-refractivity contribution in [2.24, 2.45) is 5.92 Å². The molecule has 0 spiro atoms. The van der Waals surface area contributed by atoms with E-state index in [-0.39, 0.29) is 0 Å². The van der Waals surface area contributed by atoms with Crippen molar-refractivity contribution < 1.29 is 0 Å². The van der Waals surface area contributed by atoms with E-state index < -0.39 is 0 Å². The van der Waals surface area contributed by atoms with Gasteiger partial charge in [0.1, 0.15) is 5.82 Å². The Bertz CT molecular complexity index is 654. The number of piperazine rings is 1. The van der Waals surface area contributed by atoms with Gasteiger partial charge in [0.2, 0.25) is 0 Å². The van der Waals surface area contributed by atoms with Crippen LogP contribution in [0.25, 0.3) is 0 Å². The molecule has 0 saturated carbocycles. The van der Waals surface area contributed by atoms with Crippen LogP contribution in [0.1, 0.15) is 6.92 Å². The van der Waals surface area contributed by atoms with E-state index >= 15 is 0 Å². The summed E-state index contributed by atoms with van der Waals surface area (Å²) in [7, 11) is 0. The molecule has 0 amide bonds. The van der Waals surface area contributed by atoms with Crippen molar-refractivity contribution in [1.29, 1.82) is 0 Å². The maximum absolute atomic E-state index is 4.68. The number of pyridine rings is 1. The topological polar surface area (TPSA) is 31.4 Å². The average molecular weight is 340 g/mol. The van der Waals surface area contributed by atoms with E-state index in [0.29, 0.717) is 5.92 Å². The summed E-state index contributed by atoms with van der Waals surface area (Å²) in [6.45, 7) is 9.05. The zero-order chi connectivity index (χ0) is 16.4. The second-order valence-corrected chi connectivity index (χ2v) is 7.75. The second-order valence-electron chi connectivity index (χ2n) is 6.66. The largest absolute Gasteiger partial charge is 0.324 e. The van der Waals surface area contributed by atoms with E-state index in [1.54, 1.807) is 0 Å². The van der Waals surface area contributed by atoms with Gasteiger partial charge in [-0.05, 0) is 30.2 Å². The van der Waals surface area contributed by atoms with Gasteiger partial charge >= 0.3 is 0 Å². The highest BCUT2D eigenvalue weighted by Crippen LogP contribution is 2.46. The van der Waals surface area contributed by atoms with Gasteiger partial charge in [-0.15, -0.1) is 0 Å². The van der Waals surface area contributed by atoms with Gasteiger partial charge in [0.25, 0.3) is 0 Å².